The van der Waals surface area contributed by atoms with Crippen LogP contribution in [0.4, 0.5) is 0 Å². The predicted octanol–water partition coefficient (Wildman–Crippen LogP) is 5.73. The molecule has 0 amide bonds. The Hall–Kier alpha value is -0.860. The Morgan fingerprint density at radius 1 is 0.760 bits per heavy atom. The van der Waals surface area contributed by atoms with Crippen molar-refractivity contribution in [2.24, 2.45) is 5.92 Å². The third-order valence-electron chi connectivity index (χ3n) is 6.26. The van der Waals surface area contributed by atoms with Crippen LogP contribution in [0.2, 0.25) is 0 Å². The number of hydrogen-bond acceptors (Lipinski definition) is 2. The molecule has 140 valence electrons. The molecule has 1 N–H and O–H groups in total. The first-order chi connectivity index (χ1) is 12.4. The van der Waals surface area contributed by atoms with Gasteiger partial charge in [0.05, 0.1) is 0 Å². The quantitative estimate of drug-likeness (QED) is 0.754. The SMILES string of the molecule is c1ccc(CC2CCCCN(C3CCCCCCCC3)NCC2)cc1. The van der Waals surface area contributed by atoms with Gasteiger partial charge in [0.25, 0.3) is 0 Å². The van der Waals surface area contributed by atoms with Gasteiger partial charge in [-0.15, -0.1) is 0 Å². The molecule has 1 aliphatic heterocycles. The van der Waals surface area contributed by atoms with Crippen molar-refractivity contribution in [1.82, 2.24) is 10.4 Å². The zero-order chi connectivity index (χ0) is 17.2. The molecule has 0 bridgehead atoms. The van der Waals surface area contributed by atoms with Crippen LogP contribution in [0, 0.1) is 5.92 Å². The average Bonchev–Trinajstić information content (AvgIpc) is 2.84. The van der Waals surface area contributed by atoms with Gasteiger partial charge in [0.15, 0.2) is 0 Å². The summed E-state index contributed by atoms with van der Waals surface area (Å²) in [6.45, 7) is 2.41. The Morgan fingerprint density at radius 3 is 2.20 bits per heavy atom. The summed E-state index contributed by atoms with van der Waals surface area (Å²) in [5, 5.41) is 2.65. The first-order valence-corrected chi connectivity index (χ1v) is 11.0. The number of hydrazine groups is 1. The van der Waals surface area contributed by atoms with Gasteiger partial charge in [-0.05, 0) is 43.6 Å². The van der Waals surface area contributed by atoms with Gasteiger partial charge in [0.2, 0.25) is 0 Å². The van der Waals surface area contributed by atoms with Crippen molar-refractivity contribution < 1.29 is 0 Å². The zero-order valence-corrected chi connectivity index (χ0v) is 16.1. The molecule has 25 heavy (non-hydrogen) atoms. The maximum atomic E-state index is 3.85. The number of nitrogens with zero attached hydrogens (tertiary/aromatic N) is 1. The van der Waals surface area contributed by atoms with Crippen LogP contribution in [-0.2, 0) is 6.42 Å². The Bertz CT molecular complexity index is 448. The summed E-state index contributed by atoms with van der Waals surface area (Å²) in [6, 6.07) is 11.9. The van der Waals surface area contributed by atoms with E-state index in [-0.39, 0.29) is 0 Å². The Morgan fingerprint density at radius 2 is 1.44 bits per heavy atom. The topological polar surface area (TPSA) is 15.3 Å². The van der Waals surface area contributed by atoms with E-state index in [1.54, 1.807) is 0 Å². The molecule has 0 radical (unpaired) electrons. The van der Waals surface area contributed by atoms with E-state index in [1.807, 2.05) is 0 Å². The van der Waals surface area contributed by atoms with Gasteiger partial charge in [-0.25, -0.2) is 5.01 Å². The second-order valence-corrected chi connectivity index (χ2v) is 8.29. The molecular formula is C23H38N2. The van der Waals surface area contributed by atoms with Crippen LogP contribution in [0.25, 0.3) is 0 Å². The second kappa shape index (κ2) is 11.0. The minimum absolute atomic E-state index is 0.781. The lowest BCUT2D eigenvalue weighted by Gasteiger charge is -2.32. The summed E-state index contributed by atoms with van der Waals surface area (Å²) < 4.78 is 0. The van der Waals surface area contributed by atoms with Crippen molar-refractivity contribution in [3.63, 3.8) is 0 Å². The molecule has 2 heteroatoms. The highest BCUT2D eigenvalue weighted by molar-refractivity contribution is 5.15. The van der Waals surface area contributed by atoms with Crippen LogP contribution in [0.1, 0.15) is 82.6 Å². The van der Waals surface area contributed by atoms with Crippen molar-refractivity contribution in [3.05, 3.63) is 35.9 Å². The lowest BCUT2D eigenvalue weighted by molar-refractivity contribution is 0.106. The molecule has 1 unspecified atom stereocenters. The molecule has 1 aromatic carbocycles. The third-order valence-corrected chi connectivity index (χ3v) is 6.26. The highest BCUT2D eigenvalue weighted by Gasteiger charge is 2.20. The molecule has 2 nitrogen and oxygen atoms in total. The highest BCUT2D eigenvalue weighted by Crippen LogP contribution is 2.23. The molecule has 1 heterocycles. The summed E-state index contributed by atoms with van der Waals surface area (Å²) in [4.78, 5) is 0. The monoisotopic (exact) mass is 342 g/mol. The van der Waals surface area contributed by atoms with Gasteiger partial charge in [-0.2, -0.15) is 0 Å². The Balaban J connectivity index is 1.50. The maximum absolute atomic E-state index is 3.85. The number of nitrogens with one attached hydrogen (secondary N) is 1. The van der Waals surface area contributed by atoms with Gasteiger partial charge in [0, 0.05) is 19.1 Å². The highest BCUT2D eigenvalue weighted by atomic mass is 15.5. The molecule has 2 fully saturated rings. The van der Waals surface area contributed by atoms with Crippen molar-refractivity contribution in [2.75, 3.05) is 13.1 Å². The standard InChI is InChI=1S/C23H38N2/c1-2-4-9-16-23(15-8-3-1)25-19-11-10-14-22(17-18-24-25)20-21-12-6-5-7-13-21/h5-7,12-13,22-24H,1-4,8-11,14-20H2. The van der Waals surface area contributed by atoms with Gasteiger partial charge in [0.1, 0.15) is 0 Å². The molecule has 1 aromatic rings. The number of hydrogen-bond donors (Lipinski definition) is 1. The van der Waals surface area contributed by atoms with Crippen molar-refractivity contribution in [3.8, 4) is 0 Å². The minimum Gasteiger partial charge on any atom is -0.255 e. The van der Waals surface area contributed by atoms with E-state index in [0.29, 0.717) is 0 Å². The fourth-order valence-electron chi connectivity index (χ4n) is 4.74. The van der Waals surface area contributed by atoms with Gasteiger partial charge >= 0.3 is 0 Å². The molecule has 3 rings (SSSR count). The smallest absolute Gasteiger partial charge is 0.0243 e. The largest absolute Gasteiger partial charge is 0.255 e. The molecule has 0 aromatic heterocycles. The fraction of sp³-hybridized carbons (Fsp3) is 0.739. The van der Waals surface area contributed by atoms with E-state index < -0.39 is 0 Å². The number of benzene rings is 1. The van der Waals surface area contributed by atoms with Crippen LogP contribution < -0.4 is 5.43 Å². The van der Waals surface area contributed by atoms with Gasteiger partial charge < -0.3 is 0 Å². The summed E-state index contributed by atoms with van der Waals surface area (Å²) in [6.07, 6.45) is 18.2. The minimum atomic E-state index is 0.781. The molecular weight excluding hydrogens is 304 g/mol. The van der Waals surface area contributed by atoms with Gasteiger partial charge in [-0.1, -0.05) is 81.7 Å². The van der Waals surface area contributed by atoms with Crippen LogP contribution in [0.3, 0.4) is 0 Å². The van der Waals surface area contributed by atoms with E-state index >= 15 is 0 Å². The molecule has 1 saturated heterocycles. The second-order valence-electron chi connectivity index (χ2n) is 8.29. The van der Waals surface area contributed by atoms with Crippen LogP contribution >= 0.6 is 0 Å². The van der Waals surface area contributed by atoms with E-state index in [4.69, 9.17) is 0 Å². The lowest BCUT2D eigenvalue weighted by atomic mass is 9.91. The van der Waals surface area contributed by atoms with Crippen LogP contribution in [0.15, 0.2) is 30.3 Å². The van der Waals surface area contributed by atoms with Crippen LogP contribution in [0.5, 0.6) is 0 Å². The maximum Gasteiger partial charge on any atom is 0.0243 e. The van der Waals surface area contributed by atoms with E-state index in [0.717, 1.165) is 18.5 Å². The fourth-order valence-corrected chi connectivity index (χ4v) is 4.74. The molecule has 1 aliphatic carbocycles. The summed E-state index contributed by atoms with van der Waals surface area (Å²) >= 11 is 0. The molecule has 1 atom stereocenters. The summed E-state index contributed by atoms with van der Waals surface area (Å²) in [5.41, 5.74) is 5.36. The Kier molecular flexibility index (Phi) is 8.31. The molecule has 2 aliphatic rings. The first-order valence-electron chi connectivity index (χ1n) is 11.0. The third kappa shape index (κ3) is 6.75. The van der Waals surface area contributed by atoms with Crippen molar-refractivity contribution in [1.29, 1.82) is 0 Å². The number of rotatable bonds is 3. The Labute approximate surface area is 155 Å². The lowest BCUT2D eigenvalue weighted by Crippen LogP contribution is -2.46. The zero-order valence-electron chi connectivity index (χ0n) is 16.1. The normalized spacial score (nSPS) is 25.8. The summed E-state index contributed by atoms with van der Waals surface area (Å²) in [7, 11) is 0. The predicted molar refractivity (Wildman–Crippen MR) is 108 cm³/mol. The van der Waals surface area contributed by atoms with Gasteiger partial charge in [-0.3, -0.25) is 5.43 Å². The molecule has 0 spiro atoms. The first kappa shape index (κ1) is 18.9. The van der Waals surface area contributed by atoms with Crippen molar-refractivity contribution >= 4 is 0 Å². The average molecular weight is 343 g/mol. The molecule has 1 saturated carbocycles. The summed E-state index contributed by atoms with van der Waals surface area (Å²) in [5.74, 6) is 0.843. The van der Waals surface area contributed by atoms with Crippen molar-refractivity contribution in [2.45, 2.75) is 89.5 Å². The van der Waals surface area contributed by atoms with E-state index in [2.05, 4.69) is 40.8 Å². The van der Waals surface area contributed by atoms with E-state index in [1.165, 1.54) is 95.6 Å². The van der Waals surface area contributed by atoms with Crippen LogP contribution in [-0.4, -0.2) is 24.1 Å². The van der Waals surface area contributed by atoms with E-state index in [9.17, 15) is 0 Å².